The van der Waals surface area contributed by atoms with E-state index >= 15 is 0 Å². The zero-order valence-electron chi connectivity index (χ0n) is 22.5. The summed E-state index contributed by atoms with van der Waals surface area (Å²) < 4.78 is 0. The maximum Gasteiger partial charge on any atom is 3.00 e. The summed E-state index contributed by atoms with van der Waals surface area (Å²) in [7, 11) is 0. The van der Waals surface area contributed by atoms with E-state index in [0.29, 0.717) is 0 Å². The van der Waals surface area contributed by atoms with E-state index in [9.17, 15) is 0 Å². The number of benzene rings is 6. The molecular weight excluding hydrogens is 558 g/mol. The smallest absolute Gasteiger partial charge is 1.00 e. The molecule has 6 aromatic carbocycles. The molecule has 0 amide bonds. The predicted molar refractivity (Wildman–Crippen MR) is 167 cm³/mol. The molecule has 0 fully saturated rings. The molecule has 0 heterocycles. The Hall–Kier alpha value is -4.28. The van der Waals surface area contributed by atoms with Gasteiger partial charge >= 0.3 is 21.7 Å². The van der Waals surface area contributed by atoms with Gasteiger partial charge < -0.3 is 28.4 Å². The van der Waals surface area contributed by atoms with Gasteiger partial charge in [-0.15, -0.1) is 34.1 Å². The van der Waals surface area contributed by atoms with Gasteiger partial charge in [-0.3, -0.25) is 0 Å². The molecule has 0 N–H and O–H groups in total. The normalized spacial score (nSPS) is 9.07. The minimum absolute atomic E-state index is 0. The third-order valence-electron chi connectivity index (χ3n) is 5.31. The maximum absolute atomic E-state index is 4.44. The molecule has 5 heteroatoms. The molecule has 41 heavy (non-hydrogen) atoms. The van der Waals surface area contributed by atoms with Crippen molar-refractivity contribution in [3.05, 3.63) is 198 Å². The first-order valence-corrected chi connectivity index (χ1v) is 12.8. The number of halogens is 1. The molecule has 0 aliphatic rings. The summed E-state index contributed by atoms with van der Waals surface area (Å²) in [5.41, 5.74) is 5.97. The predicted octanol–water partition coefficient (Wildman–Crippen LogP) is 9.07. The standard InChI is InChI=1S/3C12H10N.ClH.Ti/c3*1-3-7-11(8-4-1)13-12-9-5-2-6-10-12;;/h3*1-10H;1H;/q3*-1;;+3/p-1. The van der Waals surface area contributed by atoms with E-state index in [4.69, 9.17) is 0 Å². The summed E-state index contributed by atoms with van der Waals surface area (Å²) >= 11 is 0. The van der Waals surface area contributed by atoms with Crippen LogP contribution >= 0.6 is 0 Å². The SMILES string of the molecule is [Cl-].[Ti+3].c1ccc([N-]c2ccccc2)cc1.c1ccc([N-]c2ccccc2)cc1.c1ccc([N-]c2ccccc2)cc1. The Morgan fingerprint density at radius 3 is 0.463 bits per heavy atom. The quantitative estimate of drug-likeness (QED) is 0.174. The van der Waals surface area contributed by atoms with E-state index in [1.807, 2.05) is 182 Å². The molecule has 0 bridgehead atoms. The average molecular weight is 588 g/mol. The minimum atomic E-state index is 0. The topological polar surface area (TPSA) is 42.3 Å². The monoisotopic (exact) mass is 587 g/mol. The van der Waals surface area contributed by atoms with E-state index in [0.717, 1.165) is 34.1 Å². The van der Waals surface area contributed by atoms with Crippen molar-refractivity contribution >= 4 is 34.1 Å². The molecule has 3 nitrogen and oxygen atoms in total. The molecular formula is C36H30ClN3Ti-. The molecule has 0 unspecified atom stereocenters. The third kappa shape index (κ3) is 13.1. The van der Waals surface area contributed by atoms with Crippen LogP contribution in [0.15, 0.2) is 182 Å². The van der Waals surface area contributed by atoms with Crippen molar-refractivity contribution in [1.82, 2.24) is 0 Å². The summed E-state index contributed by atoms with van der Waals surface area (Å²) in [6.45, 7) is 0. The van der Waals surface area contributed by atoms with Gasteiger partial charge in [-0.1, -0.05) is 182 Å². The van der Waals surface area contributed by atoms with Crippen LogP contribution in [-0.4, -0.2) is 0 Å². The van der Waals surface area contributed by atoms with Crippen molar-refractivity contribution in [2.45, 2.75) is 0 Å². The maximum atomic E-state index is 4.44. The zero-order valence-corrected chi connectivity index (χ0v) is 24.9. The molecule has 1 radical (unpaired) electrons. The van der Waals surface area contributed by atoms with Crippen LogP contribution in [0, 0.1) is 0 Å². The number of para-hydroxylation sites is 6. The fourth-order valence-corrected chi connectivity index (χ4v) is 3.46. The molecule has 6 aromatic rings. The van der Waals surface area contributed by atoms with E-state index in [-0.39, 0.29) is 34.1 Å². The molecule has 6 rings (SSSR count). The minimum Gasteiger partial charge on any atom is -1.00 e. The van der Waals surface area contributed by atoms with Crippen molar-refractivity contribution in [2.24, 2.45) is 0 Å². The molecule has 0 atom stereocenters. The van der Waals surface area contributed by atoms with Gasteiger partial charge in [0.2, 0.25) is 0 Å². The largest absolute Gasteiger partial charge is 3.00 e. The van der Waals surface area contributed by atoms with Crippen molar-refractivity contribution in [2.75, 3.05) is 0 Å². The van der Waals surface area contributed by atoms with Crippen molar-refractivity contribution in [3.63, 3.8) is 0 Å². The molecule has 0 spiro atoms. The second kappa shape index (κ2) is 19.7. The van der Waals surface area contributed by atoms with E-state index in [1.165, 1.54) is 0 Å². The van der Waals surface area contributed by atoms with E-state index < -0.39 is 0 Å². The molecule has 0 saturated carbocycles. The Morgan fingerprint density at radius 2 is 0.341 bits per heavy atom. The van der Waals surface area contributed by atoms with Crippen LogP contribution in [0.4, 0.5) is 34.1 Å². The zero-order chi connectivity index (χ0) is 26.8. The van der Waals surface area contributed by atoms with Crippen LogP contribution in [0.25, 0.3) is 16.0 Å². The van der Waals surface area contributed by atoms with Crippen LogP contribution in [0.2, 0.25) is 0 Å². The van der Waals surface area contributed by atoms with Gasteiger partial charge in [0, 0.05) is 0 Å². The fourth-order valence-electron chi connectivity index (χ4n) is 3.46. The van der Waals surface area contributed by atoms with Gasteiger partial charge in [-0.05, 0) is 0 Å². The third-order valence-corrected chi connectivity index (χ3v) is 5.31. The van der Waals surface area contributed by atoms with Crippen LogP contribution in [0.1, 0.15) is 0 Å². The second-order valence-electron chi connectivity index (χ2n) is 8.35. The second-order valence-corrected chi connectivity index (χ2v) is 8.35. The Morgan fingerprint density at radius 1 is 0.220 bits per heavy atom. The van der Waals surface area contributed by atoms with Gasteiger partial charge in [0.15, 0.2) is 0 Å². The number of hydrogen-bond donors (Lipinski definition) is 0. The summed E-state index contributed by atoms with van der Waals surface area (Å²) in [6.07, 6.45) is 0. The van der Waals surface area contributed by atoms with E-state index in [2.05, 4.69) is 16.0 Å². The van der Waals surface area contributed by atoms with Crippen LogP contribution in [-0.2, 0) is 21.7 Å². The Labute approximate surface area is 265 Å². The van der Waals surface area contributed by atoms with E-state index in [1.54, 1.807) is 0 Å². The first-order valence-electron chi connectivity index (χ1n) is 12.8. The summed E-state index contributed by atoms with van der Waals surface area (Å²) in [5.74, 6) is 0. The Balaban J connectivity index is 0.000000210. The Bertz CT molecular complexity index is 1140. The van der Waals surface area contributed by atoms with Gasteiger partial charge in [0.25, 0.3) is 0 Å². The first-order chi connectivity index (χ1) is 19.3. The molecule has 0 aliphatic heterocycles. The average Bonchev–Trinajstić information content (AvgIpc) is 3.01. The van der Waals surface area contributed by atoms with Crippen molar-refractivity contribution in [1.29, 1.82) is 0 Å². The molecule has 0 aliphatic carbocycles. The molecule has 0 aromatic heterocycles. The van der Waals surface area contributed by atoms with Crippen LogP contribution in [0.5, 0.6) is 0 Å². The number of nitrogens with zero attached hydrogens (tertiary/aromatic N) is 3. The molecule has 201 valence electrons. The first kappa shape index (κ1) is 32.9. The van der Waals surface area contributed by atoms with Gasteiger partial charge in [-0.25, -0.2) is 0 Å². The summed E-state index contributed by atoms with van der Waals surface area (Å²) in [6, 6.07) is 59.7. The van der Waals surface area contributed by atoms with Crippen molar-refractivity contribution < 1.29 is 34.1 Å². The van der Waals surface area contributed by atoms with Crippen molar-refractivity contribution in [3.8, 4) is 0 Å². The Kier molecular flexibility index (Phi) is 15.8. The molecule has 0 saturated heterocycles. The van der Waals surface area contributed by atoms with Gasteiger partial charge in [-0.2, -0.15) is 0 Å². The number of hydrogen-bond acceptors (Lipinski definition) is 0. The summed E-state index contributed by atoms with van der Waals surface area (Å²) in [5, 5.41) is 13.3. The van der Waals surface area contributed by atoms with Gasteiger partial charge in [0.05, 0.1) is 0 Å². The van der Waals surface area contributed by atoms with Crippen LogP contribution in [0.3, 0.4) is 0 Å². The summed E-state index contributed by atoms with van der Waals surface area (Å²) in [4.78, 5) is 0. The van der Waals surface area contributed by atoms with Gasteiger partial charge in [0.1, 0.15) is 0 Å². The fraction of sp³-hybridized carbons (Fsp3) is 0. The number of rotatable bonds is 6. The van der Waals surface area contributed by atoms with Crippen LogP contribution < -0.4 is 12.4 Å².